The van der Waals surface area contributed by atoms with Crippen molar-refractivity contribution in [3.8, 4) is 0 Å². The maximum Gasteiger partial charge on any atom is 0.257 e. The third kappa shape index (κ3) is 4.23. The molecule has 0 bridgehead atoms. The Labute approximate surface area is 189 Å². The van der Waals surface area contributed by atoms with Gasteiger partial charge in [0.05, 0.1) is 22.0 Å². The molecule has 1 aromatic heterocycles. The third-order valence-electron chi connectivity index (χ3n) is 5.07. The summed E-state index contributed by atoms with van der Waals surface area (Å²) in [5.74, 6) is -0.289. The summed E-state index contributed by atoms with van der Waals surface area (Å²) in [5.41, 5.74) is 2.07. The molecule has 168 valence electrons. The molecule has 32 heavy (non-hydrogen) atoms. The fourth-order valence-electron chi connectivity index (χ4n) is 3.48. The summed E-state index contributed by atoms with van der Waals surface area (Å²) in [6, 6.07) is 11.3. The molecule has 1 aliphatic rings. The Kier molecular flexibility index (Phi) is 5.97. The molecule has 1 N–H and O–H groups in total. The van der Waals surface area contributed by atoms with E-state index in [0.29, 0.717) is 22.5 Å². The Morgan fingerprint density at radius 3 is 2.78 bits per heavy atom. The van der Waals surface area contributed by atoms with Crippen LogP contribution in [-0.4, -0.2) is 55.4 Å². The minimum Gasteiger partial charge on any atom is -0.431 e. The SMILES string of the molecule is CC1CC(=O)Nc2ccccc2N1C(=O)CSc1nc2cc(S(=O)(=O)N(C)C)ccc2o1. The molecule has 1 aliphatic heterocycles. The number of carbonyl (C=O) groups excluding carboxylic acids is 2. The Morgan fingerprint density at radius 1 is 1.28 bits per heavy atom. The zero-order chi connectivity index (χ0) is 23.0. The molecule has 9 nitrogen and oxygen atoms in total. The van der Waals surface area contributed by atoms with Crippen LogP contribution in [0.2, 0.25) is 0 Å². The number of hydrogen-bond donors (Lipinski definition) is 1. The Bertz CT molecular complexity index is 1300. The van der Waals surface area contributed by atoms with Crippen LogP contribution in [0.1, 0.15) is 13.3 Å². The lowest BCUT2D eigenvalue weighted by atomic mass is 10.2. The topological polar surface area (TPSA) is 113 Å². The van der Waals surface area contributed by atoms with Gasteiger partial charge in [0.15, 0.2) is 5.58 Å². The molecule has 0 spiro atoms. The van der Waals surface area contributed by atoms with Gasteiger partial charge in [0.25, 0.3) is 5.22 Å². The van der Waals surface area contributed by atoms with Gasteiger partial charge in [0, 0.05) is 26.6 Å². The number of benzene rings is 2. The molecule has 3 aromatic rings. The Hall–Kier alpha value is -2.89. The van der Waals surface area contributed by atoms with E-state index in [-0.39, 0.29) is 40.1 Å². The van der Waals surface area contributed by atoms with Crippen LogP contribution >= 0.6 is 11.8 Å². The van der Waals surface area contributed by atoms with E-state index in [0.717, 1.165) is 16.1 Å². The van der Waals surface area contributed by atoms with Crippen LogP contribution < -0.4 is 10.2 Å². The van der Waals surface area contributed by atoms with Gasteiger partial charge in [0.2, 0.25) is 21.8 Å². The van der Waals surface area contributed by atoms with Gasteiger partial charge in [-0.05, 0) is 37.3 Å². The van der Waals surface area contributed by atoms with E-state index in [2.05, 4.69) is 10.3 Å². The van der Waals surface area contributed by atoms with Crippen LogP contribution in [0.25, 0.3) is 11.1 Å². The van der Waals surface area contributed by atoms with Crippen molar-refractivity contribution in [2.75, 3.05) is 30.1 Å². The number of sulfonamides is 1. The van der Waals surface area contributed by atoms with E-state index in [1.807, 2.05) is 13.0 Å². The zero-order valence-electron chi connectivity index (χ0n) is 17.7. The second-order valence-electron chi connectivity index (χ2n) is 7.57. The number of carbonyl (C=O) groups is 2. The Balaban J connectivity index is 1.54. The molecule has 2 amide bonds. The molecule has 0 radical (unpaired) electrons. The van der Waals surface area contributed by atoms with Gasteiger partial charge in [-0.25, -0.2) is 17.7 Å². The average molecular weight is 475 g/mol. The van der Waals surface area contributed by atoms with E-state index in [1.165, 1.54) is 26.2 Å². The van der Waals surface area contributed by atoms with E-state index < -0.39 is 10.0 Å². The highest BCUT2D eigenvalue weighted by Crippen LogP contribution is 2.33. The zero-order valence-corrected chi connectivity index (χ0v) is 19.4. The van der Waals surface area contributed by atoms with Crippen molar-refractivity contribution in [1.29, 1.82) is 0 Å². The van der Waals surface area contributed by atoms with Crippen LogP contribution in [0, 0.1) is 0 Å². The number of para-hydroxylation sites is 2. The van der Waals surface area contributed by atoms with Crippen molar-refractivity contribution in [2.45, 2.75) is 29.5 Å². The number of aromatic nitrogens is 1. The molecule has 1 unspecified atom stereocenters. The predicted molar refractivity (Wildman–Crippen MR) is 122 cm³/mol. The van der Waals surface area contributed by atoms with Crippen LogP contribution in [0.5, 0.6) is 0 Å². The molecular formula is C21H22N4O5S2. The number of hydrogen-bond acceptors (Lipinski definition) is 7. The lowest BCUT2D eigenvalue weighted by molar-refractivity contribution is -0.117. The first-order valence-electron chi connectivity index (χ1n) is 9.83. The molecule has 4 rings (SSSR count). The van der Waals surface area contributed by atoms with Gasteiger partial charge in [-0.2, -0.15) is 0 Å². The molecule has 0 saturated heterocycles. The van der Waals surface area contributed by atoms with E-state index >= 15 is 0 Å². The van der Waals surface area contributed by atoms with Crippen molar-refractivity contribution in [2.24, 2.45) is 0 Å². The van der Waals surface area contributed by atoms with Gasteiger partial charge < -0.3 is 14.6 Å². The van der Waals surface area contributed by atoms with Gasteiger partial charge in [0.1, 0.15) is 5.52 Å². The first kappa shape index (κ1) is 22.3. The number of nitrogens with one attached hydrogen (secondary N) is 1. The molecule has 2 heterocycles. The largest absolute Gasteiger partial charge is 0.431 e. The molecule has 2 aromatic carbocycles. The lowest BCUT2D eigenvalue weighted by Crippen LogP contribution is -2.40. The Morgan fingerprint density at radius 2 is 2.03 bits per heavy atom. The van der Waals surface area contributed by atoms with Crippen LogP contribution in [0.15, 0.2) is 57.0 Å². The first-order valence-corrected chi connectivity index (χ1v) is 12.3. The highest BCUT2D eigenvalue weighted by atomic mass is 32.2. The number of amides is 2. The summed E-state index contributed by atoms with van der Waals surface area (Å²) < 4.78 is 31.5. The number of thioether (sulfide) groups is 1. The van der Waals surface area contributed by atoms with Crippen molar-refractivity contribution < 1.29 is 22.4 Å². The molecule has 0 aliphatic carbocycles. The number of nitrogens with zero attached hydrogens (tertiary/aromatic N) is 3. The minimum atomic E-state index is -3.59. The standard InChI is InChI=1S/C21H22N4O5S2/c1-13-10-19(26)22-15-6-4-5-7-17(15)25(13)20(27)12-31-21-23-16-11-14(8-9-18(16)30-21)32(28,29)24(2)3/h4-9,11,13H,10,12H2,1-3H3,(H,22,26). The van der Waals surface area contributed by atoms with Gasteiger partial charge in [-0.15, -0.1) is 0 Å². The number of anilines is 2. The van der Waals surface area contributed by atoms with Crippen LogP contribution in [0.3, 0.4) is 0 Å². The fraction of sp³-hybridized carbons (Fsp3) is 0.286. The smallest absolute Gasteiger partial charge is 0.257 e. The van der Waals surface area contributed by atoms with Crippen LogP contribution in [0.4, 0.5) is 11.4 Å². The summed E-state index contributed by atoms with van der Waals surface area (Å²) in [4.78, 5) is 31.3. The maximum atomic E-state index is 13.1. The van der Waals surface area contributed by atoms with E-state index in [1.54, 1.807) is 29.2 Å². The maximum absolute atomic E-state index is 13.1. The molecule has 0 fully saturated rings. The number of fused-ring (bicyclic) bond motifs is 2. The molecule has 1 atom stereocenters. The van der Waals surface area contributed by atoms with Gasteiger partial charge in [-0.3, -0.25) is 9.59 Å². The number of rotatable bonds is 5. The van der Waals surface area contributed by atoms with Gasteiger partial charge >= 0.3 is 0 Å². The third-order valence-corrected chi connectivity index (χ3v) is 7.69. The fourth-order valence-corrected chi connectivity index (χ4v) is 5.10. The van der Waals surface area contributed by atoms with Crippen molar-refractivity contribution in [1.82, 2.24) is 9.29 Å². The first-order chi connectivity index (χ1) is 15.2. The molecule has 11 heteroatoms. The second kappa shape index (κ2) is 8.57. The minimum absolute atomic E-state index is 0.0442. The normalized spacial score (nSPS) is 16.7. The average Bonchev–Trinajstić information content (AvgIpc) is 3.09. The monoisotopic (exact) mass is 474 g/mol. The quantitative estimate of drug-likeness (QED) is 0.566. The van der Waals surface area contributed by atoms with Crippen molar-refractivity contribution in [3.63, 3.8) is 0 Å². The van der Waals surface area contributed by atoms with Gasteiger partial charge in [-0.1, -0.05) is 23.9 Å². The summed E-state index contributed by atoms with van der Waals surface area (Å²) in [7, 11) is -0.674. The lowest BCUT2D eigenvalue weighted by Gasteiger charge is -2.27. The van der Waals surface area contributed by atoms with Crippen molar-refractivity contribution >= 4 is 56.1 Å². The molecule has 0 saturated carbocycles. The highest BCUT2D eigenvalue weighted by molar-refractivity contribution is 7.99. The number of oxazole rings is 1. The predicted octanol–water partition coefficient (Wildman–Crippen LogP) is 2.93. The van der Waals surface area contributed by atoms with Crippen LogP contribution in [-0.2, 0) is 19.6 Å². The van der Waals surface area contributed by atoms with Crippen molar-refractivity contribution in [3.05, 3.63) is 42.5 Å². The van der Waals surface area contributed by atoms with E-state index in [9.17, 15) is 18.0 Å². The highest BCUT2D eigenvalue weighted by Gasteiger charge is 2.29. The summed E-state index contributed by atoms with van der Waals surface area (Å²) in [6.45, 7) is 1.83. The van der Waals surface area contributed by atoms with E-state index in [4.69, 9.17) is 4.42 Å². The summed E-state index contributed by atoms with van der Waals surface area (Å²) in [6.07, 6.45) is 0.192. The summed E-state index contributed by atoms with van der Waals surface area (Å²) in [5, 5.41) is 3.09. The second-order valence-corrected chi connectivity index (χ2v) is 10.6. The molecular weight excluding hydrogens is 452 g/mol. The summed E-state index contributed by atoms with van der Waals surface area (Å²) >= 11 is 1.12.